The van der Waals surface area contributed by atoms with Crippen LogP contribution >= 0.6 is 0 Å². The van der Waals surface area contributed by atoms with Gasteiger partial charge in [-0.2, -0.15) is 8.42 Å². The maximum Gasteiger partial charge on any atom is 0.362 e. The van der Waals surface area contributed by atoms with Crippen LogP contribution in [-0.2, 0) is 52.4 Å². The van der Waals surface area contributed by atoms with E-state index in [9.17, 15) is 13.2 Å². The number of ether oxygens (including phenoxy) is 7. The third kappa shape index (κ3) is 7.20. The summed E-state index contributed by atoms with van der Waals surface area (Å²) in [5.74, 6) is -1.73. The second kappa shape index (κ2) is 13.0. The number of hydrogen-bond acceptors (Lipinski definition) is 15. The Bertz CT molecular complexity index is 1260. The first-order chi connectivity index (χ1) is 19.0. The van der Waals surface area contributed by atoms with Crippen LogP contribution in [0.4, 0.5) is 5.82 Å². The molecule has 2 saturated heterocycles. The van der Waals surface area contributed by atoms with E-state index in [4.69, 9.17) is 43.1 Å². The Kier molecular flexibility index (Phi) is 9.85. The minimum Gasteiger partial charge on any atom is -0.385 e. The van der Waals surface area contributed by atoms with Crippen molar-refractivity contribution in [2.45, 2.75) is 56.7 Å². The monoisotopic (exact) mass is 590 g/mol. The third-order valence-electron chi connectivity index (χ3n) is 6.06. The van der Waals surface area contributed by atoms with Gasteiger partial charge in [0.05, 0.1) is 26.1 Å². The highest BCUT2D eigenvalue weighted by atomic mass is 32.2. The quantitative estimate of drug-likeness (QED) is 0.193. The number of amides is 1. The number of hydrogen-bond donors (Lipinski definition) is 2. The summed E-state index contributed by atoms with van der Waals surface area (Å²) in [4.78, 5) is 25.1. The molecule has 2 aromatic rings. The Hall–Kier alpha value is -2.55. The molecule has 224 valence electrons. The van der Waals surface area contributed by atoms with Crippen LogP contribution in [0.3, 0.4) is 0 Å². The van der Waals surface area contributed by atoms with Gasteiger partial charge in [-0.05, 0) is 13.8 Å². The lowest BCUT2D eigenvalue weighted by Gasteiger charge is -2.24. The number of anilines is 1. The van der Waals surface area contributed by atoms with E-state index in [1.165, 1.54) is 26.9 Å². The number of fused-ring (bicyclic) bond motifs is 2. The van der Waals surface area contributed by atoms with Crippen molar-refractivity contribution in [1.82, 2.24) is 24.2 Å². The van der Waals surface area contributed by atoms with Crippen molar-refractivity contribution in [2.75, 3.05) is 53.2 Å². The second-order valence-electron chi connectivity index (χ2n) is 9.37. The molecule has 0 radical (unpaired) electrons. The minimum atomic E-state index is -4.56. The summed E-state index contributed by atoms with van der Waals surface area (Å²) in [5, 5.41) is 0. The van der Waals surface area contributed by atoms with Crippen molar-refractivity contribution < 1.29 is 50.6 Å². The molecule has 3 N–H and O–H groups in total. The molecule has 2 aliphatic rings. The largest absolute Gasteiger partial charge is 0.385 e. The number of carbonyl (C=O) groups is 1. The zero-order valence-electron chi connectivity index (χ0n) is 22.5. The number of nitrogens with two attached hydrogens (primary N) is 1. The van der Waals surface area contributed by atoms with Gasteiger partial charge in [0.25, 0.3) is 5.91 Å². The van der Waals surface area contributed by atoms with Gasteiger partial charge in [0.2, 0.25) is 0 Å². The van der Waals surface area contributed by atoms with Crippen LogP contribution in [0.25, 0.3) is 11.2 Å². The van der Waals surface area contributed by atoms with Gasteiger partial charge in [0.1, 0.15) is 43.1 Å². The Balaban J connectivity index is 1.40. The topological polar surface area (TPSA) is 207 Å². The maximum absolute atomic E-state index is 12.7. The Morgan fingerprint density at radius 3 is 2.65 bits per heavy atom. The average molecular weight is 591 g/mol. The standard InChI is InChI=1S/C22H34N6O11S/c1-22(2)38-16-14(37-21(17(16)39-22)28-11-26-15-18(23)24-10-25-19(15)28)9-36-40(30,31)27-20(29)13(5-6-32-3)35-12-34-8-7-33-4/h10-11,13-14,16-17,21H,5-9,12H2,1-4H3,(H,27,29)(H2,23,24,25)/t13?,14-,16-,17-,21-/m1/s1. The molecule has 4 rings (SSSR count). The smallest absolute Gasteiger partial charge is 0.362 e. The Morgan fingerprint density at radius 2 is 1.90 bits per heavy atom. The maximum atomic E-state index is 12.7. The highest BCUT2D eigenvalue weighted by molar-refractivity contribution is 7.85. The lowest BCUT2D eigenvalue weighted by molar-refractivity contribution is -0.198. The summed E-state index contributed by atoms with van der Waals surface area (Å²) in [6, 6.07) is 0. The van der Waals surface area contributed by atoms with Gasteiger partial charge in [-0.3, -0.25) is 13.5 Å². The first-order valence-electron chi connectivity index (χ1n) is 12.4. The fourth-order valence-electron chi connectivity index (χ4n) is 4.29. The third-order valence-corrected chi connectivity index (χ3v) is 6.96. The summed E-state index contributed by atoms with van der Waals surface area (Å²) in [6.07, 6.45) is -1.36. The van der Waals surface area contributed by atoms with Crippen molar-refractivity contribution in [3.63, 3.8) is 0 Å². The normalized spacial score (nSPS) is 24.8. The van der Waals surface area contributed by atoms with Crippen molar-refractivity contribution in [3.05, 3.63) is 12.7 Å². The molecule has 0 aliphatic carbocycles. The van der Waals surface area contributed by atoms with Crippen LogP contribution < -0.4 is 10.5 Å². The van der Waals surface area contributed by atoms with Crippen LogP contribution in [0, 0.1) is 0 Å². The number of methoxy groups -OCH3 is 2. The molecular weight excluding hydrogens is 556 g/mol. The number of imidazole rings is 1. The fourth-order valence-corrected chi connectivity index (χ4v) is 5.04. The first kappa shape index (κ1) is 30.4. The molecule has 0 saturated carbocycles. The number of nitrogen functional groups attached to an aromatic ring is 1. The van der Waals surface area contributed by atoms with Crippen LogP contribution in [0.2, 0.25) is 0 Å². The van der Waals surface area contributed by atoms with E-state index in [0.29, 0.717) is 17.8 Å². The zero-order valence-corrected chi connectivity index (χ0v) is 23.4. The molecule has 40 heavy (non-hydrogen) atoms. The van der Waals surface area contributed by atoms with Crippen LogP contribution in [0.15, 0.2) is 12.7 Å². The molecule has 0 spiro atoms. The number of nitrogens with one attached hydrogen (secondary N) is 1. The molecule has 1 unspecified atom stereocenters. The molecule has 4 heterocycles. The summed E-state index contributed by atoms with van der Waals surface area (Å²) in [7, 11) is -1.61. The van der Waals surface area contributed by atoms with Crippen molar-refractivity contribution in [2.24, 2.45) is 0 Å². The van der Waals surface area contributed by atoms with Crippen molar-refractivity contribution in [1.29, 1.82) is 0 Å². The zero-order chi connectivity index (χ0) is 28.9. The van der Waals surface area contributed by atoms with Crippen molar-refractivity contribution in [3.8, 4) is 0 Å². The first-order valence-corrected chi connectivity index (χ1v) is 13.8. The van der Waals surface area contributed by atoms with Gasteiger partial charge in [-0.15, -0.1) is 0 Å². The number of nitrogens with zero attached hydrogens (tertiary/aromatic N) is 4. The fraction of sp³-hybridized carbons (Fsp3) is 0.727. The average Bonchev–Trinajstić information content (AvgIpc) is 3.55. The molecule has 2 aliphatic heterocycles. The molecule has 2 aromatic heterocycles. The number of aromatic nitrogens is 4. The summed E-state index contributed by atoms with van der Waals surface area (Å²) < 4.78 is 72.5. The molecule has 0 aromatic carbocycles. The summed E-state index contributed by atoms with van der Waals surface area (Å²) in [5.41, 5.74) is 6.68. The molecule has 5 atom stereocenters. The summed E-state index contributed by atoms with van der Waals surface area (Å²) in [6.45, 7) is 3.43. The lowest BCUT2D eigenvalue weighted by atomic mass is 10.1. The van der Waals surface area contributed by atoms with E-state index in [0.717, 1.165) is 0 Å². The van der Waals surface area contributed by atoms with E-state index in [1.54, 1.807) is 18.4 Å². The Morgan fingerprint density at radius 1 is 1.15 bits per heavy atom. The Labute approximate surface area is 230 Å². The van der Waals surface area contributed by atoms with E-state index in [-0.39, 0.29) is 32.2 Å². The highest BCUT2D eigenvalue weighted by Gasteiger charge is 2.56. The molecule has 17 nitrogen and oxygen atoms in total. The van der Waals surface area contributed by atoms with Crippen LogP contribution in [0.1, 0.15) is 26.5 Å². The van der Waals surface area contributed by atoms with Gasteiger partial charge in [-0.25, -0.2) is 19.7 Å². The minimum absolute atomic E-state index is 0.0792. The van der Waals surface area contributed by atoms with Crippen molar-refractivity contribution >= 4 is 33.2 Å². The van der Waals surface area contributed by atoms with E-state index in [2.05, 4.69) is 15.0 Å². The molecule has 18 heteroatoms. The van der Waals surface area contributed by atoms with Gasteiger partial charge in [0, 0.05) is 27.2 Å². The van der Waals surface area contributed by atoms with E-state index in [1.807, 2.05) is 4.72 Å². The molecule has 0 bridgehead atoms. The SMILES string of the molecule is COCCOCOC(CCOC)C(=O)NS(=O)(=O)OC[C@H]1O[C@@H](n2cnc3c(N)ncnc32)[C@@H]2OC(C)(C)O[C@@H]21. The molecule has 2 fully saturated rings. The van der Waals surface area contributed by atoms with Gasteiger partial charge >= 0.3 is 10.3 Å². The second-order valence-corrected chi connectivity index (χ2v) is 10.7. The van der Waals surface area contributed by atoms with Gasteiger partial charge < -0.3 is 38.9 Å². The number of rotatable bonds is 15. The highest BCUT2D eigenvalue weighted by Crippen LogP contribution is 2.44. The van der Waals surface area contributed by atoms with E-state index < -0.39 is 59.2 Å². The van der Waals surface area contributed by atoms with Gasteiger partial charge in [-0.1, -0.05) is 0 Å². The number of carbonyl (C=O) groups excluding carboxylic acids is 1. The van der Waals surface area contributed by atoms with Crippen LogP contribution in [0.5, 0.6) is 0 Å². The van der Waals surface area contributed by atoms with Crippen LogP contribution in [-0.4, -0.2) is 111 Å². The molecular formula is C22H34N6O11S. The summed E-state index contributed by atoms with van der Waals surface area (Å²) >= 11 is 0. The molecule has 1 amide bonds. The predicted molar refractivity (Wildman–Crippen MR) is 135 cm³/mol. The predicted octanol–water partition coefficient (Wildman–Crippen LogP) is -0.754. The van der Waals surface area contributed by atoms with Gasteiger partial charge in [0.15, 0.2) is 23.5 Å². The van der Waals surface area contributed by atoms with E-state index >= 15 is 0 Å². The lowest BCUT2D eigenvalue weighted by Crippen LogP contribution is -2.43.